The van der Waals surface area contributed by atoms with Crippen molar-refractivity contribution in [3.8, 4) is 5.75 Å². The van der Waals surface area contributed by atoms with E-state index in [9.17, 15) is 4.79 Å². The third-order valence-corrected chi connectivity index (χ3v) is 4.34. The Morgan fingerprint density at radius 2 is 2.30 bits per heavy atom. The Labute approximate surface area is 129 Å². The molecule has 0 fully saturated rings. The van der Waals surface area contributed by atoms with Crippen molar-refractivity contribution in [2.75, 3.05) is 11.6 Å². The van der Waals surface area contributed by atoms with Gasteiger partial charge in [-0.3, -0.25) is 10.1 Å². The van der Waals surface area contributed by atoms with Gasteiger partial charge in [0.1, 0.15) is 5.75 Å². The molecule has 2 aromatic rings. The largest absolute Gasteiger partial charge is 0.481 e. The van der Waals surface area contributed by atoms with Crippen LogP contribution in [0.3, 0.4) is 0 Å². The van der Waals surface area contributed by atoms with E-state index in [1.165, 1.54) is 23.1 Å². The maximum absolute atomic E-state index is 12.0. The van der Waals surface area contributed by atoms with Crippen LogP contribution in [0.4, 0.5) is 5.13 Å². The summed E-state index contributed by atoms with van der Waals surface area (Å²) in [5.74, 6) is 0.260. The van der Waals surface area contributed by atoms with E-state index < -0.39 is 6.10 Å². The minimum Gasteiger partial charge on any atom is -0.481 e. The number of benzene rings is 1. The van der Waals surface area contributed by atoms with E-state index in [2.05, 4.69) is 15.5 Å². The lowest BCUT2D eigenvalue weighted by atomic mass is 10.3. The maximum atomic E-state index is 12.0. The molecule has 0 unspecified atom stereocenters. The number of thioether (sulfide) groups is 1. The second-order valence-corrected chi connectivity index (χ2v) is 6.25. The topological polar surface area (TPSA) is 64.1 Å². The van der Waals surface area contributed by atoms with Gasteiger partial charge in [-0.15, -0.1) is 10.2 Å². The molecule has 0 saturated carbocycles. The van der Waals surface area contributed by atoms with Crippen molar-refractivity contribution in [2.45, 2.75) is 17.4 Å². The van der Waals surface area contributed by atoms with Crippen molar-refractivity contribution in [1.82, 2.24) is 10.2 Å². The lowest BCUT2D eigenvalue weighted by Gasteiger charge is -2.13. The predicted molar refractivity (Wildman–Crippen MR) is 81.9 cm³/mol. The van der Waals surface area contributed by atoms with Gasteiger partial charge < -0.3 is 4.74 Å². The summed E-state index contributed by atoms with van der Waals surface area (Å²) < 4.78 is 6.31. The number of amides is 1. The number of anilines is 1. The number of nitrogens with zero attached hydrogens (tertiary/aromatic N) is 2. The molecular weight excluding hydrogens is 318 g/mol. The Kier molecular flexibility index (Phi) is 5.22. The first-order valence-electron chi connectivity index (χ1n) is 5.69. The molecule has 0 radical (unpaired) electrons. The molecule has 1 N–H and O–H groups in total. The van der Waals surface area contributed by atoms with Crippen molar-refractivity contribution in [3.63, 3.8) is 0 Å². The van der Waals surface area contributed by atoms with Crippen molar-refractivity contribution >= 4 is 45.7 Å². The molecule has 1 heterocycles. The highest BCUT2D eigenvalue weighted by Crippen LogP contribution is 2.23. The fourth-order valence-electron chi connectivity index (χ4n) is 1.35. The molecule has 0 aliphatic carbocycles. The molecular formula is C12H12ClN3O2S2. The molecule has 2 rings (SSSR count). The first kappa shape index (κ1) is 15.1. The maximum Gasteiger partial charge on any atom is 0.266 e. The number of rotatable bonds is 5. The standard InChI is InChI=1S/C12H12ClN3O2S2/c1-7(18-9-5-3-4-8(13)6-9)10(17)14-11-15-16-12(19-2)20-11/h3-7H,1-2H3,(H,14,15,17)/t7-/m0/s1. The highest BCUT2D eigenvalue weighted by atomic mass is 35.5. The number of aromatic nitrogens is 2. The van der Waals surface area contributed by atoms with Gasteiger partial charge in [0.25, 0.3) is 5.91 Å². The number of hydrogen-bond donors (Lipinski definition) is 1. The highest BCUT2D eigenvalue weighted by molar-refractivity contribution is 8.00. The zero-order valence-corrected chi connectivity index (χ0v) is 13.2. The van der Waals surface area contributed by atoms with Crippen LogP contribution in [0.15, 0.2) is 28.6 Å². The van der Waals surface area contributed by atoms with Gasteiger partial charge in [-0.25, -0.2) is 0 Å². The second-order valence-electron chi connectivity index (χ2n) is 3.78. The quantitative estimate of drug-likeness (QED) is 0.673. The van der Waals surface area contributed by atoms with Crippen LogP contribution < -0.4 is 10.1 Å². The molecule has 1 aromatic carbocycles. The normalized spacial score (nSPS) is 11.9. The van der Waals surface area contributed by atoms with Crippen LogP contribution in [0, 0.1) is 0 Å². The van der Waals surface area contributed by atoms with E-state index in [4.69, 9.17) is 16.3 Å². The molecule has 8 heteroatoms. The summed E-state index contributed by atoms with van der Waals surface area (Å²) in [7, 11) is 0. The van der Waals surface area contributed by atoms with Crippen molar-refractivity contribution < 1.29 is 9.53 Å². The zero-order chi connectivity index (χ0) is 14.5. The minimum atomic E-state index is -0.657. The Morgan fingerprint density at radius 1 is 1.50 bits per heavy atom. The second kappa shape index (κ2) is 6.92. The van der Waals surface area contributed by atoms with Crippen molar-refractivity contribution in [2.24, 2.45) is 0 Å². The average Bonchev–Trinajstić information content (AvgIpc) is 2.86. The summed E-state index contributed by atoms with van der Waals surface area (Å²) in [6.07, 6.45) is 1.24. The summed E-state index contributed by atoms with van der Waals surface area (Å²) in [5, 5.41) is 11.5. The average molecular weight is 330 g/mol. The van der Waals surface area contributed by atoms with Crippen molar-refractivity contribution in [3.05, 3.63) is 29.3 Å². The minimum absolute atomic E-state index is 0.284. The van der Waals surface area contributed by atoms with Crippen LogP contribution in [0.1, 0.15) is 6.92 Å². The van der Waals surface area contributed by atoms with Crippen LogP contribution in [0.2, 0.25) is 5.02 Å². The van der Waals surface area contributed by atoms with E-state index in [1.54, 1.807) is 31.2 Å². The highest BCUT2D eigenvalue weighted by Gasteiger charge is 2.17. The molecule has 0 aliphatic heterocycles. The molecule has 20 heavy (non-hydrogen) atoms. The molecule has 1 aromatic heterocycles. The zero-order valence-electron chi connectivity index (χ0n) is 10.8. The Morgan fingerprint density at radius 3 is 2.95 bits per heavy atom. The number of nitrogens with one attached hydrogen (secondary N) is 1. The summed E-state index contributed by atoms with van der Waals surface area (Å²) in [6, 6.07) is 6.90. The fourth-order valence-corrected chi connectivity index (χ4v) is 2.70. The van der Waals surface area contributed by atoms with Gasteiger partial charge in [0.15, 0.2) is 10.4 Å². The van der Waals surface area contributed by atoms with E-state index in [1.807, 2.05) is 6.26 Å². The lowest BCUT2D eigenvalue weighted by molar-refractivity contribution is -0.122. The van der Waals surface area contributed by atoms with E-state index in [-0.39, 0.29) is 5.91 Å². The summed E-state index contributed by atoms with van der Waals surface area (Å²) in [5.41, 5.74) is 0. The van der Waals surface area contributed by atoms with Crippen LogP contribution in [-0.4, -0.2) is 28.5 Å². The predicted octanol–water partition coefficient (Wildman–Crippen LogP) is 3.32. The summed E-state index contributed by atoms with van der Waals surface area (Å²) >= 11 is 8.65. The number of halogens is 1. The monoisotopic (exact) mass is 329 g/mol. The van der Waals surface area contributed by atoms with Gasteiger partial charge in [-0.05, 0) is 31.4 Å². The van der Waals surface area contributed by atoms with E-state index in [0.29, 0.717) is 15.9 Å². The van der Waals surface area contributed by atoms with Crippen LogP contribution in [0.5, 0.6) is 5.75 Å². The number of carbonyl (C=O) groups excluding carboxylic acids is 1. The number of ether oxygens (including phenoxy) is 1. The van der Waals surface area contributed by atoms with E-state index >= 15 is 0 Å². The van der Waals surface area contributed by atoms with Crippen LogP contribution in [0.25, 0.3) is 0 Å². The Hall–Kier alpha value is -1.31. The van der Waals surface area contributed by atoms with Gasteiger partial charge in [-0.2, -0.15) is 0 Å². The Balaban J connectivity index is 1.95. The van der Waals surface area contributed by atoms with Gasteiger partial charge in [0.2, 0.25) is 5.13 Å². The van der Waals surface area contributed by atoms with Crippen LogP contribution >= 0.6 is 34.7 Å². The smallest absolute Gasteiger partial charge is 0.266 e. The fraction of sp³-hybridized carbons (Fsp3) is 0.250. The number of carbonyl (C=O) groups is 1. The first-order valence-corrected chi connectivity index (χ1v) is 8.11. The SMILES string of the molecule is CSc1nnc(NC(=O)[C@H](C)Oc2cccc(Cl)c2)s1. The van der Waals surface area contributed by atoms with Gasteiger partial charge in [-0.1, -0.05) is 40.8 Å². The number of hydrogen-bond acceptors (Lipinski definition) is 6. The van der Waals surface area contributed by atoms with Gasteiger partial charge in [0.05, 0.1) is 0 Å². The van der Waals surface area contributed by atoms with E-state index in [0.717, 1.165) is 4.34 Å². The molecule has 5 nitrogen and oxygen atoms in total. The third-order valence-electron chi connectivity index (χ3n) is 2.29. The molecule has 1 atom stereocenters. The van der Waals surface area contributed by atoms with Gasteiger partial charge in [0, 0.05) is 5.02 Å². The lowest BCUT2D eigenvalue weighted by Crippen LogP contribution is -2.30. The molecule has 0 spiro atoms. The molecule has 106 valence electrons. The molecule has 1 amide bonds. The summed E-state index contributed by atoms with van der Waals surface area (Å²) in [6.45, 7) is 1.66. The molecule has 0 bridgehead atoms. The molecule has 0 aliphatic rings. The molecule has 0 saturated heterocycles. The third kappa shape index (κ3) is 4.09. The van der Waals surface area contributed by atoms with Gasteiger partial charge >= 0.3 is 0 Å². The van der Waals surface area contributed by atoms with Crippen LogP contribution in [-0.2, 0) is 4.79 Å². The summed E-state index contributed by atoms with van der Waals surface area (Å²) in [4.78, 5) is 12.0. The Bertz CT molecular complexity index is 606. The van der Waals surface area contributed by atoms with Crippen molar-refractivity contribution in [1.29, 1.82) is 0 Å². The first-order chi connectivity index (χ1) is 9.58.